The Morgan fingerprint density at radius 1 is 1.19 bits per heavy atom. The molecule has 2 N–H and O–H groups in total. The van der Waals surface area contributed by atoms with E-state index in [1.165, 1.54) is 24.3 Å². The second-order valence-electron chi connectivity index (χ2n) is 4.38. The molecule has 0 aromatic heterocycles. The molecule has 0 radical (unpaired) electrons. The van der Waals surface area contributed by atoms with Gasteiger partial charge >= 0.3 is 0 Å². The lowest BCUT2D eigenvalue weighted by molar-refractivity contribution is 0.0954. The SMILES string of the molecule is CC/C(=N\NC(=O)c1ccc(F)cc1)c1ccccc1O. The normalized spacial score (nSPS) is 11.2. The van der Waals surface area contributed by atoms with E-state index in [1.54, 1.807) is 24.3 Å². The molecule has 0 atom stereocenters. The lowest BCUT2D eigenvalue weighted by atomic mass is 10.1. The number of phenols is 1. The van der Waals surface area contributed by atoms with E-state index in [-0.39, 0.29) is 5.75 Å². The lowest BCUT2D eigenvalue weighted by Crippen LogP contribution is -2.20. The van der Waals surface area contributed by atoms with Crippen molar-refractivity contribution in [2.75, 3.05) is 0 Å². The summed E-state index contributed by atoms with van der Waals surface area (Å²) in [6.45, 7) is 1.87. The summed E-state index contributed by atoms with van der Waals surface area (Å²) in [5, 5.41) is 13.8. The van der Waals surface area contributed by atoms with Crippen molar-refractivity contribution in [3.05, 3.63) is 65.5 Å². The number of hydrogen-bond donors (Lipinski definition) is 2. The van der Waals surface area contributed by atoms with Crippen molar-refractivity contribution < 1.29 is 14.3 Å². The smallest absolute Gasteiger partial charge is 0.271 e. The van der Waals surface area contributed by atoms with Crippen molar-refractivity contribution in [3.8, 4) is 5.75 Å². The van der Waals surface area contributed by atoms with Crippen LogP contribution < -0.4 is 5.43 Å². The van der Waals surface area contributed by atoms with Crippen LogP contribution in [0.15, 0.2) is 53.6 Å². The molecule has 0 unspecified atom stereocenters. The fourth-order valence-electron chi connectivity index (χ4n) is 1.83. The van der Waals surface area contributed by atoms with Crippen LogP contribution in [0.2, 0.25) is 0 Å². The fraction of sp³-hybridized carbons (Fsp3) is 0.125. The Kier molecular flexibility index (Phi) is 4.66. The Labute approximate surface area is 121 Å². The third-order valence-electron chi connectivity index (χ3n) is 2.95. The quantitative estimate of drug-likeness (QED) is 0.670. The molecule has 0 aliphatic rings. The van der Waals surface area contributed by atoms with Crippen molar-refractivity contribution in [1.29, 1.82) is 0 Å². The zero-order valence-corrected chi connectivity index (χ0v) is 11.5. The maximum atomic E-state index is 12.8. The summed E-state index contributed by atoms with van der Waals surface area (Å²) in [7, 11) is 0. The van der Waals surface area contributed by atoms with Crippen LogP contribution in [0.5, 0.6) is 5.75 Å². The van der Waals surface area contributed by atoms with Gasteiger partial charge in [0.2, 0.25) is 0 Å². The molecular formula is C16H15FN2O2. The van der Waals surface area contributed by atoms with Gasteiger partial charge in [-0.1, -0.05) is 19.1 Å². The lowest BCUT2D eigenvalue weighted by Gasteiger charge is -2.07. The summed E-state index contributed by atoms with van der Waals surface area (Å²) in [4.78, 5) is 11.9. The largest absolute Gasteiger partial charge is 0.507 e. The molecule has 0 aliphatic heterocycles. The number of hydrazone groups is 1. The van der Waals surface area contributed by atoms with Crippen molar-refractivity contribution in [3.63, 3.8) is 0 Å². The molecule has 2 aromatic carbocycles. The predicted octanol–water partition coefficient (Wildman–Crippen LogP) is 3.08. The van der Waals surface area contributed by atoms with Gasteiger partial charge in [-0.25, -0.2) is 9.82 Å². The number of para-hydroxylation sites is 1. The van der Waals surface area contributed by atoms with E-state index in [1.807, 2.05) is 6.92 Å². The van der Waals surface area contributed by atoms with E-state index >= 15 is 0 Å². The summed E-state index contributed by atoms with van der Waals surface area (Å²) < 4.78 is 12.8. The third kappa shape index (κ3) is 3.66. The van der Waals surface area contributed by atoms with Crippen LogP contribution in [0.4, 0.5) is 4.39 Å². The fourth-order valence-corrected chi connectivity index (χ4v) is 1.83. The van der Waals surface area contributed by atoms with E-state index in [0.717, 1.165) is 0 Å². The van der Waals surface area contributed by atoms with Gasteiger partial charge in [0.1, 0.15) is 11.6 Å². The monoisotopic (exact) mass is 286 g/mol. The Morgan fingerprint density at radius 2 is 1.86 bits per heavy atom. The van der Waals surface area contributed by atoms with Gasteiger partial charge in [-0.05, 0) is 42.8 Å². The third-order valence-corrected chi connectivity index (χ3v) is 2.95. The van der Waals surface area contributed by atoms with Gasteiger partial charge in [-0.3, -0.25) is 4.79 Å². The number of carbonyl (C=O) groups is 1. The summed E-state index contributed by atoms with van der Waals surface area (Å²) in [5.41, 5.74) is 3.85. The Balaban J connectivity index is 2.16. The van der Waals surface area contributed by atoms with Gasteiger partial charge in [-0.15, -0.1) is 0 Å². The average Bonchev–Trinajstić information content (AvgIpc) is 2.50. The van der Waals surface area contributed by atoms with Crippen LogP contribution >= 0.6 is 0 Å². The average molecular weight is 286 g/mol. The molecule has 108 valence electrons. The number of nitrogens with one attached hydrogen (secondary N) is 1. The molecule has 0 spiro atoms. The number of aromatic hydroxyl groups is 1. The van der Waals surface area contributed by atoms with Crippen LogP contribution in [-0.4, -0.2) is 16.7 Å². The van der Waals surface area contributed by atoms with Gasteiger partial charge in [-0.2, -0.15) is 5.10 Å². The molecular weight excluding hydrogens is 271 g/mol. The zero-order chi connectivity index (χ0) is 15.2. The highest BCUT2D eigenvalue weighted by atomic mass is 19.1. The van der Waals surface area contributed by atoms with Crippen LogP contribution in [0, 0.1) is 5.82 Å². The number of phenolic OH excluding ortho intramolecular Hbond substituents is 1. The first-order chi connectivity index (χ1) is 10.1. The molecule has 0 aliphatic carbocycles. The maximum absolute atomic E-state index is 12.8. The minimum absolute atomic E-state index is 0.106. The molecule has 2 aromatic rings. The van der Waals surface area contributed by atoms with Crippen molar-refractivity contribution >= 4 is 11.6 Å². The van der Waals surface area contributed by atoms with E-state index in [4.69, 9.17) is 0 Å². The second-order valence-corrected chi connectivity index (χ2v) is 4.38. The van der Waals surface area contributed by atoms with Crippen molar-refractivity contribution in [2.45, 2.75) is 13.3 Å². The van der Waals surface area contributed by atoms with E-state index in [0.29, 0.717) is 23.3 Å². The van der Waals surface area contributed by atoms with Crippen LogP contribution in [0.3, 0.4) is 0 Å². The molecule has 2 rings (SSSR count). The maximum Gasteiger partial charge on any atom is 0.271 e. The molecule has 0 saturated heterocycles. The second kappa shape index (κ2) is 6.65. The molecule has 21 heavy (non-hydrogen) atoms. The molecule has 0 saturated carbocycles. The minimum Gasteiger partial charge on any atom is -0.507 e. The number of benzene rings is 2. The molecule has 4 nitrogen and oxygen atoms in total. The van der Waals surface area contributed by atoms with Gasteiger partial charge in [0.25, 0.3) is 5.91 Å². The van der Waals surface area contributed by atoms with Crippen LogP contribution in [-0.2, 0) is 0 Å². The predicted molar refractivity (Wildman–Crippen MR) is 78.8 cm³/mol. The number of hydrogen-bond acceptors (Lipinski definition) is 3. The molecule has 1 amide bonds. The number of carbonyl (C=O) groups excluding carboxylic acids is 1. The standard InChI is InChI=1S/C16H15FN2O2/c1-2-14(13-5-3-4-6-15(13)20)18-19-16(21)11-7-9-12(17)10-8-11/h3-10,20H,2H2,1H3,(H,19,21)/b18-14+. The Morgan fingerprint density at radius 3 is 2.48 bits per heavy atom. The number of nitrogens with zero attached hydrogens (tertiary/aromatic N) is 1. The van der Waals surface area contributed by atoms with Gasteiger partial charge in [0.15, 0.2) is 0 Å². The van der Waals surface area contributed by atoms with Crippen molar-refractivity contribution in [1.82, 2.24) is 5.43 Å². The van der Waals surface area contributed by atoms with Gasteiger partial charge in [0.05, 0.1) is 5.71 Å². The van der Waals surface area contributed by atoms with E-state index < -0.39 is 11.7 Å². The zero-order valence-electron chi connectivity index (χ0n) is 11.5. The van der Waals surface area contributed by atoms with Crippen LogP contribution in [0.1, 0.15) is 29.3 Å². The number of rotatable bonds is 4. The van der Waals surface area contributed by atoms with Gasteiger partial charge in [0, 0.05) is 11.1 Å². The highest BCUT2D eigenvalue weighted by molar-refractivity contribution is 6.03. The van der Waals surface area contributed by atoms with E-state index in [2.05, 4.69) is 10.5 Å². The highest BCUT2D eigenvalue weighted by Gasteiger charge is 2.08. The Bertz CT molecular complexity index is 666. The summed E-state index contributed by atoms with van der Waals surface area (Å²) >= 11 is 0. The summed E-state index contributed by atoms with van der Waals surface area (Å²) in [6.07, 6.45) is 0.543. The summed E-state index contributed by atoms with van der Waals surface area (Å²) in [6, 6.07) is 12.0. The molecule has 0 fully saturated rings. The van der Waals surface area contributed by atoms with E-state index in [9.17, 15) is 14.3 Å². The number of amides is 1. The first-order valence-electron chi connectivity index (χ1n) is 6.52. The Hall–Kier alpha value is -2.69. The topological polar surface area (TPSA) is 61.7 Å². The van der Waals surface area contributed by atoms with Gasteiger partial charge < -0.3 is 5.11 Å². The summed E-state index contributed by atoms with van der Waals surface area (Å²) in [5.74, 6) is -0.732. The first-order valence-corrected chi connectivity index (χ1v) is 6.52. The number of halogens is 1. The molecule has 0 bridgehead atoms. The minimum atomic E-state index is -0.434. The molecule has 5 heteroatoms. The first kappa shape index (κ1) is 14.7. The molecule has 0 heterocycles. The van der Waals surface area contributed by atoms with Crippen LogP contribution in [0.25, 0.3) is 0 Å². The highest BCUT2D eigenvalue weighted by Crippen LogP contribution is 2.17. The van der Waals surface area contributed by atoms with Crippen molar-refractivity contribution in [2.24, 2.45) is 5.10 Å².